The maximum Gasteiger partial charge on any atom is 0.126 e. The van der Waals surface area contributed by atoms with Crippen molar-refractivity contribution >= 4 is 0 Å². The summed E-state index contributed by atoms with van der Waals surface area (Å²) in [5.74, 6) is -1.09. The highest BCUT2D eigenvalue weighted by atomic mass is 19.1. The Morgan fingerprint density at radius 1 is 1.18 bits per heavy atom. The number of nitrogens with zero attached hydrogens (tertiary/aromatic N) is 1. The first kappa shape index (κ1) is 12.4. The smallest absolute Gasteiger partial charge is 0.126 e. The molecule has 0 aromatic heterocycles. The highest BCUT2D eigenvalue weighted by molar-refractivity contribution is 5.20. The molecule has 2 rings (SSSR count). The van der Waals surface area contributed by atoms with Gasteiger partial charge in [-0.2, -0.15) is 0 Å². The fourth-order valence-corrected chi connectivity index (χ4v) is 1.87. The predicted octanol–water partition coefficient (Wildman–Crippen LogP) is 1.86. The molecule has 1 saturated heterocycles. The molecule has 0 spiro atoms. The molecule has 0 aliphatic carbocycles. The minimum atomic E-state index is -0.546. The molecular weight excluding hydrogens is 226 g/mol. The van der Waals surface area contributed by atoms with Crippen LogP contribution in [0.2, 0.25) is 0 Å². The van der Waals surface area contributed by atoms with Crippen molar-refractivity contribution in [2.75, 3.05) is 26.3 Å². The minimum Gasteiger partial charge on any atom is -0.379 e. The summed E-state index contributed by atoms with van der Waals surface area (Å²) in [5.41, 5.74) is 3.82. The van der Waals surface area contributed by atoms with Crippen LogP contribution in [-0.4, -0.2) is 31.3 Å². The Kier molecular flexibility index (Phi) is 4.04. The standard InChI is InChI=1S/C12H16F2N2O/c1-9(15-16-2-4-17-5-3-16)10-6-11(13)8-12(14)7-10/h6-9,15H,2-5H2,1H3. The van der Waals surface area contributed by atoms with E-state index in [1.54, 1.807) is 0 Å². The summed E-state index contributed by atoms with van der Waals surface area (Å²) in [4.78, 5) is 0. The molecule has 3 nitrogen and oxygen atoms in total. The van der Waals surface area contributed by atoms with Crippen LogP contribution in [0.3, 0.4) is 0 Å². The second-order valence-electron chi connectivity index (χ2n) is 4.15. The van der Waals surface area contributed by atoms with E-state index in [0.29, 0.717) is 18.8 Å². The van der Waals surface area contributed by atoms with Gasteiger partial charge in [0.25, 0.3) is 0 Å². The summed E-state index contributed by atoms with van der Waals surface area (Å²) in [5, 5.41) is 2.01. The van der Waals surface area contributed by atoms with E-state index in [1.807, 2.05) is 11.9 Å². The summed E-state index contributed by atoms with van der Waals surface area (Å²) < 4.78 is 31.4. The molecular formula is C12H16F2N2O. The van der Waals surface area contributed by atoms with Gasteiger partial charge < -0.3 is 4.74 Å². The van der Waals surface area contributed by atoms with Crippen LogP contribution in [0, 0.1) is 11.6 Å². The molecule has 1 N–H and O–H groups in total. The zero-order valence-corrected chi connectivity index (χ0v) is 9.75. The van der Waals surface area contributed by atoms with E-state index >= 15 is 0 Å². The average Bonchev–Trinajstić information content (AvgIpc) is 2.29. The molecule has 0 amide bonds. The number of hydrogen-bond donors (Lipinski definition) is 1. The van der Waals surface area contributed by atoms with E-state index < -0.39 is 11.6 Å². The second-order valence-corrected chi connectivity index (χ2v) is 4.15. The summed E-state index contributed by atoms with van der Waals surface area (Å²) in [6, 6.07) is 3.45. The molecule has 94 valence electrons. The Morgan fingerprint density at radius 3 is 2.35 bits per heavy atom. The van der Waals surface area contributed by atoms with Crippen LogP contribution in [0.15, 0.2) is 18.2 Å². The third-order valence-corrected chi connectivity index (χ3v) is 2.77. The lowest BCUT2D eigenvalue weighted by Gasteiger charge is -2.30. The SMILES string of the molecule is CC(NN1CCOCC1)c1cc(F)cc(F)c1. The Hall–Kier alpha value is -1.04. The Balaban J connectivity index is 2.00. The largest absolute Gasteiger partial charge is 0.379 e. The molecule has 0 bridgehead atoms. The van der Waals surface area contributed by atoms with Gasteiger partial charge in [-0.1, -0.05) is 0 Å². The number of hydrazine groups is 1. The van der Waals surface area contributed by atoms with E-state index in [2.05, 4.69) is 5.43 Å². The van der Waals surface area contributed by atoms with Crippen molar-refractivity contribution in [3.8, 4) is 0 Å². The molecule has 0 radical (unpaired) electrons. The van der Waals surface area contributed by atoms with Gasteiger partial charge in [-0.05, 0) is 24.6 Å². The number of ether oxygens (including phenoxy) is 1. The van der Waals surface area contributed by atoms with Crippen LogP contribution >= 0.6 is 0 Å². The van der Waals surface area contributed by atoms with E-state index in [-0.39, 0.29) is 6.04 Å². The minimum absolute atomic E-state index is 0.127. The first-order valence-electron chi connectivity index (χ1n) is 5.70. The topological polar surface area (TPSA) is 24.5 Å². The molecule has 17 heavy (non-hydrogen) atoms. The Labute approximate surface area is 99.3 Å². The summed E-state index contributed by atoms with van der Waals surface area (Å²) >= 11 is 0. The first-order valence-corrected chi connectivity index (χ1v) is 5.70. The maximum absolute atomic E-state index is 13.1. The van der Waals surface area contributed by atoms with Crippen LogP contribution in [0.4, 0.5) is 8.78 Å². The number of rotatable bonds is 3. The predicted molar refractivity (Wildman–Crippen MR) is 60.3 cm³/mol. The average molecular weight is 242 g/mol. The van der Waals surface area contributed by atoms with Gasteiger partial charge in [0.05, 0.1) is 13.2 Å². The van der Waals surface area contributed by atoms with Crippen molar-refractivity contribution in [2.24, 2.45) is 0 Å². The van der Waals surface area contributed by atoms with Crippen LogP contribution in [0.25, 0.3) is 0 Å². The summed E-state index contributed by atoms with van der Waals surface area (Å²) in [6.45, 7) is 4.79. The Morgan fingerprint density at radius 2 is 1.76 bits per heavy atom. The number of halogens is 2. The van der Waals surface area contributed by atoms with Gasteiger partial charge in [0, 0.05) is 25.2 Å². The van der Waals surface area contributed by atoms with Gasteiger partial charge in [0.15, 0.2) is 0 Å². The van der Waals surface area contributed by atoms with Crippen LogP contribution in [0.5, 0.6) is 0 Å². The van der Waals surface area contributed by atoms with E-state index in [0.717, 1.165) is 19.2 Å². The highest BCUT2D eigenvalue weighted by Gasteiger charge is 2.15. The molecule has 1 aliphatic heterocycles. The van der Waals surface area contributed by atoms with Gasteiger partial charge in [0.1, 0.15) is 11.6 Å². The third-order valence-electron chi connectivity index (χ3n) is 2.77. The number of benzene rings is 1. The summed E-state index contributed by atoms with van der Waals surface area (Å²) in [7, 11) is 0. The lowest BCUT2D eigenvalue weighted by atomic mass is 10.1. The van der Waals surface area contributed by atoms with E-state index in [9.17, 15) is 8.78 Å². The molecule has 1 atom stereocenters. The van der Waals surface area contributed by atoms with Crippen molar-refractivity contribution in [3.63, 3.8) is 0 Å². The molecule has 0 saturated carbocycles. The van der Waals surface area contributed by atoms with Gasteiger partial charge >= 0.3 is 0 Å². The van der Waals surface area contributed by atoms with Crippen LogP contribution < -0.4 is 5.43 Å². The van der Waals surface area contributed by atoms with Crippen LogP contribution in [-0.2, 0) is 4.74 Å². The van der Waals surface area contributed by atoms with Gasteiger partial charge in [-0.25, -0.2) is 19.2 Å². The number of nitrogens with one attached hydrogen (secondary N) is 1. The Bertz CT molecular complexity index is 361. The second kappa shape index (κ2) is 5.53. The van der Waals surface area contributed by atoms with Crippen molar-refractivity contribution < 1.29 is 13.5 Å². The van der Waals surface area contributed by atoms with Gasteiger partial charge in [-0.15, -0.1) is 0 Å². The fraction of sp³-hybridized carbons (Fsp3) is 0.500. The normalized spacial score (nSPS) is 19.2. The molecule has 1 unspecified atom stereocenters. The third kappa shape index (κ3) is 3.46. The van der Waals surface area contributed by atoms with Gasteiger partial charge in [-0.3, -0.25) is 0 Å². The van der Waals surface area contributed by atoms with Crippen LogP contribution in [0.1, 0.15) is 18.5 Å². The van der Waals surface area contributed by atoms with Crippen molar-refractivity contribution in [3.05, 3.63) is 35.4 Å². The summed E-state index contributed by atoms with van der Waals surface area (Å²) in [6.07, 6.45) is 0. The van der Waals surface area contributed by atoms with Crippen molar-refractivity contribution in [1.82, 2.24) is 10.4 Å². The molecule has 1 fully saturated rings. The first-order chi connectivity index (χ1) is 8.15. The van der Waals surface area contributed by atoms with Crippen molar-refractivity contribution in [2.45, 2.75) is 13.0 Å². The lowest BCUT2D eigenvalue weighted by Crippen LogP contribution is -2.46. The highest BCUT2D eigenvalue weighted by Crippen LogP contribution is 2.16. The molecule has 1 aromatic carbocycles. The quantitative estimate of drug-likeness (QED) is 0.875. The molecule has 5 heteroatoms. The van der Waals surface area contributed by atoms with E-state index in [4.69, 9.17) is 4.74 Å². The zero-order valence-electron chi connectivity index (χ0n) is 9.75. The fourth-order valence-electron chi connectivity index (χ4n) is 1.87. The monoisotopic (exact) mass is 242 g/mol. The molecule has 1 aliphatic rings. The molecule has 1 heterocycles. The maximum atomic E-state index is 13.1. The van der Waals surface area contributed by atoms with Gasteiger partial charge in [0.2, 0.25) is 0 Å². The van der Waals surface area contributed by atoms with E-state index in [1.165, 1.54) is 12.1 Å². The lowest BCUT2D eigenvalue weighted by molar-refractivity contribution is 0.00480. The number of hydrogen-bond acceptors (Lipinski definition) is 3. The number of morpholine rings is 1. The zero-order chi connectivity index (χ0) is 12.3. The van der Waals surface area contributed by atoms with Crippen molar-refractivity contribution in [1.29, 1.82) is 0 Å². The molecule has 1 aromatic rings.